The van der Waals surface area contributed by atoms with E-state index in [0.717, 1.165) is 11.1 Å². The van der Waals surface area contributed by atoms with Gasteiger partial charge in [-0.25, -0.2) is 0 Å². The molecule has 0 heterocycles. The third-order valence-corrected chi connectivity index (χ3v) is 5.97. The van der Waals surface area contributed by atoms with Crippen molar-refractivity contribution in [2.24, 2.45) is 5.73 Å². The quantitative estimate of drug-likeness (QED) is 0.642. The molecule has 2 N–H and O–H groups in total. The van der Waals surface area contributed by atoms with Crippen molar-refractivity contribution in [1.82, 2.24) is 0 Å². The smallest absolute Gasteiger partial charge is 0.339 e. The lowest BCUT2D eigenvalue weighted by molar-refractivity contribution is 0.1000. The summed E-state index contributed by atoms with van der Waals surface area (Å²) in [7, 11) is -4.01. The van der Waals surface area contributed by atoms with Crippen molar-refractivity contribution < 1.29 is 17.4 Å². The zero-order valence-corrected chi connectivity index (χ0v) is 16.4. The molecule has 28 heavy (non-hydrogen) atoms. The van der Waals surface area contributed by atoms with Crippen LogP contribution in [0.4, 0.5) is 0 Å². The molecule has 0 saturated heterocycles. The number of nitrogens with two attached hydrogens (primary N) is 1. The van der Waals surface area contributed by atoms with E-state index in [2.05, 4.69) is 26.0 Å². The number of rotatable bonds is 6. The highest BCUT2D eigenvalue weighted by Gasteiger charge is 2.23. The van der Waals surface area contributed by atoms with Crippen molar-refractivity contribution >= 4 is 16.0 Å². The molecule has 6 heteroatoms. The van der Waals surface area contributed by atoms with Crippen LogP contribution in [0.25, 0.3) is 0 Å². The molecule has 5 nitrogen and oxygen atoms in total. The van der Waals surface area contributed by atoms with E-state index >= 15 is 0 Å². The Kier molecular flexibility index (Phi) is 5.25. The molecule has 0 aliphatic heterocycles. The monoisotopic (exact) mass is 395 g/mol. The Balaban J connectivity index is 1.81. The Bertz CT molecular complexity index is 1070. The molecule has 144 valence electrons. The summed E-state index contributed by atoms with van der Waals surface area (Å²) >= 11 is 0. The maximum absolute atomic E-state index is 12.4. The molecule has 0 aliphatic carbocycles. The molecule has 0 atom stereocenters. The number of amides is 1. The molecule has 0 bridgehead atoms. The summed E-state index contributed by atoms with van der Waals surface area (Å²) < 4.78 is 30.1. The summed E-state index contributed by atoms with van der Waals surface area (Å²) in [6, 6.07) is 22.3. The van der Waals surface area contributed by atoms with Gasteiger partial charge < -0.3 is 9.92 Å². The average Bonchev–Trinajstić information content (AvgIpc) is 2.69. The third-order valence-electron chi connectivity index (χ3n) is 4.70. The second-order valence-corrected chi connectivity index (χ2v) is 8.49. The van der Waals surface area contributed by atoms with Crippen LogP contribution in [0.1, 0.15) is 35.3 Å². The van der Waals surface area contributed by atoms with Crippen LogP contribution in [-0.4, -0.2) is 14.3 Å². The summed E-state index contributed by atoms with van der Waals surface area (Å²) in [5.74, 6) is -0.409. The van der Waals surface area contributed by atoms with Gasteiger partial charge in [-0.05, 0) is 47.5 Å². The maximum atomic E-state index is 12.4. The van der Waals surface area contributed by atoms with Crippen LogP contribution in [0.15, 0.2) is 83.8 Å². The van der Waals surface area contributed by atoms with Crippen LogP contribution in [-0.2, 0) is 15.5 Å². The Morgan fingerprint density at radius 2 is 1.36 bits per heavy atom. The van der Waals surface area contributed by atoms with E-state index in [-0.39, 0.29) is 21.6 Å². The van der Waals surface area contributed by atoms with Gasteiger partial charge in [-0.2, -0.15) is 8.42 Å². The van der Waals surface area contributed by atoms with Crippen LogP contribution in [0, 0.1) is 0 Å². The van der Waals surface area contributed by atoms with Gasteiger partial charge in [-0.3, -0.25) is 4.79 Å². The van der Waals surface area contributed by atoms with Crippen molar-refractivity contribution in [3.63, 3.8) is 0 Å². The summed E-state index contributed by atoms with van der Waals surface area (Å²) in [4.78, 5) is 11.1. The lowest BCUT2D eigenvalue weighted by atomic mass is 9.78. The predicted octanol–water partition coefficient (Wildman–Crippen LogP) is 3.88. The largest absolute Gasteiger partial charge is 0.379 e. The van der Waals surface area contributed by atoms with Gasteiger partial charge in [0, 0.05) is 11.0 Å². The first-order valence-corrected chi connectivity index (χ1v) is 10.1. The van der Waals surface area contributed by atoms with Crippen LogP contribution < -0.4 is 9.92 Å². The summed E-state index contributed by atoms with van der Waals surface area (Å²) in [5, 5.41) is 0. The zero-order valence-electron chi connectivity index (χ0n) is 15.6. The second-order valence-electron chi connectivity index (χ2n) is 6.94. The topological polar surface area (TPSA) is 86.5 Å². The van der Waals surface area contributed by atoms with Crippen LogP contribution in [0.3, 0.4) is 0 Å². The van der Waals surface area contributed by atoms with Crippen LogP contribution in [0.5, 0.6) is 5.75 Å². The van der Waals surface area contributed by atoms with E-state index in [4.69, 9.17) is 9.92 Å². The number of carbonyl (C=O) groups is 1. The van der Waals surface area contributed by atoms with E-state index in [9.17, 15) is 13.2 Å². The van der Waals surface area contributed by atoms with E-state index in [1.807, 2.05) is 30.3 Å². The number of benzene rings is 3. The second kappa shape index (κ2) is 7.48. The fourth-order valence-electron chi connectivity index (χ4n) is 2.91. The molecule has 0 fully saturated rings. The molecule has 0 aromatic heterocycles. The van der Waals surface area contributed by atoms with Gasteiger partial charge in [0.05, 0.1) is 0 Å². The van der Waals surface area contributed by atoms with Gasteiger partial charge >= 0.3 is 10.1 Å². The van der Waals surface area contributed by atoms with E-state index in [1.54, 1.807) is 12.1 Å². The minimum absolute atomic E-state index is 0.0498. The molecule has 0 spiro atoms. The molecule has 3 rings (SSSR count). The number of primary amides is 1. The van der Waals surface area contributed by atoms with Crippen LogP contribution >= 0.6 is 0 Å². The molecule has 1 amide bonds. The van der Waals surface area contributed by atoms with Gasteiger partial charge in [-0.15, -0.1) is 0 Å². The highest BCUT2D eigenvalue weighted by atomic mass is 32.2. The standard InChI is InChI=1S/C22H21NO4S/c1-22(2,17-6-4-3-5-7-17)18-10-12-19(13-11-18)27-28(25,26)20-14-8-16(9-15-20)21(23)24/h3-15H,1-2H3,(H2,23,24). The van der Waals surface area contributed by atoms with Gasteiger partial charge in [-0.1, -0.05) is 56.3 Å². The minimum atomic E-state index is -4.01. The Labute approximate surface area is 164 Å². The van der Waals surface area contributed by atoms with Gasteiger partial charge in [0.15, 0.2) is 0 Å². The van der Waals surface area contributed by atoms with Crippen molar-refractivity contribution in [2.75, 3.05) is 0 Å². The molecule has 3 aromatic rings. The van der Waals surface area contributed by atoms with Crippen molar-refractivity contribution in [3.05, 3.63) is 95.6 Å². The molecule has 3 aromatic carbocycles. The fraction of sp³-hybridized carbons (Fsp3) is 0.136. The SMILES string of the molecule is CC(C)(c1ccccc1)c1ccc(OS(=O)(=O)c2ccc(C(N)=O)cc2)cc1. The van der Waals surface area contributed by atoms with Gasteiger partial charge in [0.25, 0.3) is 0 Å². The number of hydrogen-bond acceptors (Lipinski definition) is 4. The Morgan fingerprint density at radius 3 is 1.89 bits per heavy atom. The summed E-state index contributed by atoms with van der Waals surface area (Å²) in [6.45, 7) is 4.21. The summed E-state index contributed by atoms with van der Waals surface area (Å²) in [5.41, 5.74) is 7.36. The first-order valence-electron chi connectivity index (χ1n) is 8.70. The van der Waals surface area contributed by atoms with E-state index in [1.165, 1.54) is 24.3 Å². The lowest BCUT2D eigenvalue weighted by Gasteiger charge is -2.26. The maximum Gasteiger partial charge on any atom is 0.339 e. The highest BCUT2D eigenvalue weighted by Crippen LogP contribution is 2.32. The van der Waals surface area contributed by atoms with Crippen molar-refractivity contribution in [2.45, 2.75) is 24.2 Å². The average molecular weight is 395 g/mol. The van der Waals surface area contributed by atoms with Crippen molar-refractivity contribution in [3.8, 4) is 5.75 Å². The third kappa shape index (κ3) is 4.07. The zero-order chi connectivity index (χ0) is 20.4. The first kappa shape index (κ1) is 19.6. The van der Waals surface area contributed by atoms with Gasteiger partial charge in [0.2, 0.25) is 5.91 Å². The van der Waals surface area contributed by atoms with Crippen molar-refractivity contribution in [1.29, 1.82) is 0 Å². The van der Waals surface area contributed by atoms with Gasteiger partial charge in [0.1, 0.15) is 10.6 Å². The van der Waals surface area contributed by atoms with Crippen LogP contribution in [0.2, 0.25) is 0 Å². The fourth-order valence-corrected chi connectivity index (χ4v) is 3.84. The molecular formula is C22H21NO4S. The molecule has 0 radical (unpaired) electrons. The summed E-state index contributed by atoms with van der Waals surface area (Å²) in [6.07, 6.45) is 0. The predicted molar refractivity (Wildman–Crippen MR) is 108 cm³/mol. The molecular weight excluding hydrogens is 374 g/mol. The normalized spacial score (nSPS) is 11.8. The molecule has 0 aliphatic rings. The highest BCUT2D eigenvalue weighted by molar-refractivity contribution is 7.87. The minimum Gasteiger partial charge on any atom is -0.379 e. The number of hydrogen-bond donors (Lipinski definition) is 1. The van der Waals surface area contributed by atoms with E-state index < -0.39 is 16.0 Å². The number of carbonyl (C=O) groups excluding carboxylic acids is 1. The Hall–Kier alpha value is -3.12. The molecule has 0 unspecified atom stereocenters. The first-order chi connectivity index (χ1) is 13.2. The Morgan fingerprint density at radius 1 is 0.821 bits per heavy atom. The molecule has 0 saturated carbocycles. The van der Waals surface area contributed by atoms with E-state index in [0.29, 0.717) is 0 Å². The lowest BCUT2D eigenvalue weighted by Crippen LogP contribution is -2.18.